The molecule has 0 saturated carbocycles. The first-order valence-corrected chi connectivity index (χ1v) is 13.4. The number of nitrogens with zero attached hydrogens (tertiary/aromatic N) is 2. The Labute approximate surface area is 212 Å². The molecule has 0 amide bonds. The van der Waals surface area contributed by atoms with Gasteiger partial charge in [0.25, 0.3) is 0 Å². The fraction of sp³-hybridized carbons (Fsp3) is 0.148. The largest absolute Gasteiger partial charge is 0.494 e. The third-order valence-electron chi connectivity index (χ3n) is 5.27. The molecule has 3 aromatic carbocycles. The number of para-hydroxylation sites is 1. The lowest BCUT2D eigenvalue weighted by molar-refractivity contribution is 0.340. The lowest BCUT2D eigenvalue weighted by atomic mass is 10.1. The number of ether oxygens (including phenoxy) is 1. The fourth-order valence-corrected chi connectivity index (χ4v) is 4.18. The van der Waals surface area contributed by atoms with E-state index in [1.54, 1.807) is 24.4 Å². The van der Waals surface area contributed by atoms with Crippen molar-refractivity contribution >= 4 is 38.7 Å². The van der Waals surface area contributed by atoms with Crippen LogP contribution in [0.3, 0.4) is 0 Å². The van der Waals surface area contributed by atoms with Crippen molar-refractivity contribution < 1.29 is 8.95 Å². The average molecular weight is 503 g/mol. The van der Waals surface area contributed by atoms with Crippen LogP contribution >= 0.6 is 0 Å². The van der Waals surface area contributed by atoms with Crippen molar-refractivity contribution in [2.45, 2.75) is 11.8 Å². The van der Waals surface area contributed by atoms with Crippen LogP contribution in [0.5, 0.6) is 5.75 Å². The molecule has 186 valence electrons. The van der Waals surface area contributed by atoms with Gasteiger partial charge in [-0.25, -0.2) is 9.19 Å². The first-order valence-electron chi connectivity index (χ1n) is 11.6. The van der Waals surface area contributed by atoms with Gasteiger partial charge >= 0.3 is 0 Å². The van der Waals surface area contributed by atoms with Crippen LogP contribution in [0.2, 0.25) is 0 Å². The first-order chi connectivity index (χ1) is 17.4. The number of anilines is 4. The van der Waals surface area contributed by atoms with Gasteiger partial charge in [-0.05, 0) is 60.8 Å². The van der Waals surface area contributed by atoms with Gasteiger partial charge in [0.05, 0.1) is 16.3 Å². The predicted octanol–water partition coefficient (Wildman–Crippen LogP) is 4.76. The molecule has 1 aromatic heterocycles. The lowest BCUT2D eigenvalue weighted by Crippen LogP contribution is -2.15. The summed E-state index contributed by atoms with van der Waals surface area (Å²) in [7, 11) is -2.82. The maximum absolute atomic E-state index is 12.1. The van der Waals surface area contributed by atoms with Crippen LogP contribution in [-0.4, -0.2) is 39.7 Å². The molecule has 8 nitrogen and oxygen atoms in total. The summed E-state index contributed by atoms with van der Waals surface area (Å²) < 4.78 is 17.7. The SMILES string of the molecule is C=S(N)(=O)c1cccc(Nc2ncc(-c3ccc(OCC)cc3)c(NCCNc3ccccc3)n2)c1. The van der Waals surface area contributed by atoms with Crippen molar-refractivity contribution in [3.05, 3.63) is 85.1 Å². The maximum atomic E-state index is 12.1. The summed E-state index contributed by atoms with van der Waals surface area (Å²) in [6.07, 6.45) is 1.77. The summed E-state index contributed by atoms with van der Waals surface area (Å²) in [4.78, 5) is 9.69. The molecular formula is C27H30N6O2S. The van der Waals surface area contributed by atoms with Crippen molar-refractivity contribution in [3.63, 3.8) is 0 Å². The third-order valence-corrected chi connectivity index (χ3v) is 6.33. The van der Waals surface area contributed by atoms with E-state index in [2.05, 4.69) is 26.8 Å². The van der Waals surface area contributed by atoms with E-state index < -0.39 is 9.71 Å². The van der Waals surface area contributed by atoms with Gasteiger partial charge in [0.2, 0.25) is 5.95 Å². The van der Waals surface area contributed by atoms with E-state index in [9.17, 15) is 4.21 Å². The number of rotatable bonds is 11. The molecular weight excluding hydrogens is 472 g/mol. The molecule has 0 saturated heterocycles. The molecule has 1 atom stereocenters. The number of benzene rings is 3. The van der Waals surface area contributed by atoms with E-state index in [-0.39, 0.29) is 0 Å². The minimum atomic E-state index is -2.82. The Hall–Kier alpha value is -4.08. The first kappa shape index (κ1) is 25.0. The normalized spacial score (nSPS) is 12.4. The molecule has 0 aliphatic rings. The zero-order valence-electron chi connectivity index (χ0n) is 20.1. The van der Waals surface area contributed by atoms with Crippen molar-refractivity contribution in [2.75, 3.05) is 35.6 Å². The Morgan fingerprint density at radius 1 is 0.944 bits per heavy atom. The Balaban J connectivity index is 1.56. The fourth-order valence-electron chi connectivity index (χ4n) is 3.55. The van der Waals surface area contributed by atoms with Crippen LogP contribution in [0.4, 0.5) is 23.1 Å². The van der Waals surface area contributed by atoms with E-state index in [1.165, 1.54) is 0 Å². The van der Waals surface area contributed by atoms with Gasteiger partial charge in [-0.2, -0.15) is 4.98 Å². The van der Waals surface area contributed by atoms with Crippen LogP contribution in [0.15, 0.2) is 90.0 Å². The molecule has 0 fully saturated rings. The van der Waals surface area contributed by atoms with Crippen molar-refractivity contribution in [3.8, 4) is 16.9 Å². The summed E-state index contributed by atoms with van der Waals surface area (Å²) in [6.45, 7) is 3.91. The molecule has 4 rings (SSSR count). The zero-order chi connectivity index (χ0) is 25.4. The van der Waals surface area contributed by atoms with Gasteiger partial charge in [0.1, 0.15) is 11.6 Å². The van der Waals surface area contributed by atoms with Gasteiger partial charge in [0.15, 0.2) is 0 Å². The van der Waals surface area contributed by atoms with Gasteiger partial charge in [0, 0.05) is 41.1 Å². The maximum Gasteiger partial charge on any atom is 0.229 e. The molecule has 0 radical (unpaired) electrons. The van der Waals surface area contributed by atoms with Crippen LogP contribution in [-0.2, 0) is 9.71 Å². The molecule has 0 bridgehead atoms. The summed E-state index contributed by atoms with van der Waals surface area (Å²) >= 11 is 0. The Kier molecular flexibility index (Phi) is 8.04. The smallest absolute Gasteiger partial charge is 0.229 e. The van der Waals surface area contributed by atoms with Crippen LogP contribution in [0.25, 0.3) is 11.1 Å². The van der Waals surface area contributed by atoms with Crippen LogP contribution in [0.1, 0.15) is 6.92 Å². The molecule has 1 unspecified atom stereocenters. The molecule has 0 spiro atoms. The number of hydrogen-bond donors (Lipinski definition) is 4. The van der Waals surface area contributed by atoms with Crippen molar-refractivity contribution in [1.29, 1.82) is 0 Å². The standard InChI is InChI=1S/C27H30N6O2S/c1-3-35-23-14-12-20(13-15-23)25-19-31-27(32-22-10-7-11-24(18-22)36(2,28)34)33-26(25)30-17-16-29-21-8-5-4-6-9-21/h4-15,18-19,29H,2-3,16-17H2,1H3,(H2,28,34)(H2,30,31,32,33). The third kappa shape index (κ3) is 6.74. The summed E-state index contributed by atoms with van der Waals surface area (Å²) in [5.74, 6) is 5.44. The highest BCUT2D eigenvalue weighted by molar-refractivity contribution is 7.98. The monoisotopic (exact) mass is 502 g/mol. The minimum absolute atomic E-state index is 0.396. The Bertz CT molecular complexity index is 1390. The molecule has 0 aliphatic heterocycles. The molecule has 9 heteroatoms. The molecule has 1 heterocycles. The van der Waals surface area contributed by atoms with Gasteiger partial charge in [-0.3, -0.25) is 5.14 Å². The predicted molar refractivity (Wildman–Crippen MR) is 149 cm³/mol. The Morgan fingerprint density at radius 3 is 2.39 bits per heavy atom. The molecule has 4 aromatic rings. The van der Waals surface area contributed by atoms with E-state index >= 15 is 0 Å². The van der Waals surface area contributed by atoms with E-state index in [1.807, 2.05) is 67.6 Å². The quantitative estimate of drug-likeness (QED) is 0.173. The highest BCUT2D eigenvalue weighted by Gasteiger charge is 2.11. The Morgan fingerprint density at radius 2 is 1.67 bits per heavy atom. The zero-order valence-corrected chi connectivity index (χ0v) is 20.9. The second kappa shape index (κ2) is 11.6. The minimum Gasteiger partial charge on any atom is -0.494 e. The highest BCUT2D eigenvalue weighted by atomic mass is 32.2. The summed E-state index contributed by atoms with van der Waals surface area (Å²) in [5.41, 5.74) is 3.54. The van der Waals surface area contributed by atoms with E-state index in [0.717, 1.165) is 22.6 Å². The van der Waals surface area contributed by atoms with E-state index in [0.29, 0.717) is 42.0 Å². The van der Waals surface area contributed by atoms with E-state index in [4.69, 9.17) is 14.9 Å². The second-order valence-corrected chi connectivity index (χ2v) is 9.94. The lowest BCUT2D eigenvalue weighted by Gasteiger charge is -2.15. The van der Waals surface area contributed by atoms with Crippen molar-refractivity contribution in [2.24, 2.45) is 5.14 Å². The highest BCUT2D eigenvalue weighted by Crippen LogP contribution is 2.29. The molecule has 0 aliphatic carbocycles. The number of aromatic nitrogens is 2. The average Bonchev–Trinajstić information content (AvgIpc) is 2.88. The molecule has 5 N–H and O–H groups in total. The van der Waals surface area contributed by atoms with Gasteiger partial charge < -0.3 is 20.7 Å². The number of nitrogens with two attached hydrogens (primary N) is 1. The second-order valence-electron chi connectivity index (χ2n) is 8.01. The van der Waals surface area contributed by atoms with Gasteiger partial charge in [-0.15, -0.1) is 0 Å². The summed E-state index contributed by atoms with van der Waals surface area (Å²) in [5, 5.41) is 15.7. The summed E-state index contributed by atoms with van der Waals surface area (Å²) in [6, 6.07) is 24.8. The van der Waals surface area contributed by atoms with Crippen LogP contribution < -0.4 is 25.8 Å². The topological polar surface area (TPSA) is 114 Å². The molecule has 36 heavy (non-hydrogen) atoms. The van der Waals surface area contributed by atoms with Crippen molar-refractivity contribution in [1.82, 2.24) is 9.97 Å². The van der Waals surface area contributed by atoms with Gasteiger partial charge in [-0.1, -0.05) is 36.4 Å². The van der Waals surface area contributed by atoms with Crippen LogP contribution in [0, 0.1) is 0 Å². The number of nitrogens with one attached hydrogen (secondary N) is 3. The number of hydrogen-bond acceptors (Lipinski definition) is 7.